The molecule has 0 heterocycles. The number of aryl methyl sites for hydroxylation is 2. The minimum Gasteiger partial charge on any atom is -0.508 e. The average molecular weight is 242 g/mol. The van der Waals surface area contributed by atoms with Crippen LogP contribution in [0.2, 0.25) is 0 Å². The van der Waals surface area contributed by atoms with Gasteiger partial charge < -0.3 is 10.2 Å². The summed E-state index contributed by atoms with van der Waals surface area (Å²) in [5, 5.41) is 19.6. The number of benzene rings is 2. The van der Waals surface area contributed by atoms with Gasteiger partial charge in [0.1, 0.15) is 11.5 Å². The largest absolute Gasteiger partial charge is 0.508 e. The standard InChI is InChI=1S/C16H18O2/c1-3-11-6-5-7-12(4-2)16(11)14-10-13(17)8-9-15(14)18/h5-10,17-18H,3-4H2,1-2H3. The zero-order valence-electron chi connectivity index (χ0n) is 10.8. The third kappa shape index (κ3) is 2.19. The molecule has 0 fully saturated rings. The number of phenols is 2. The fourth-order valence-corrected chi connectivity index (χ4v) is 2.31. The second-order valence-corrected chi connectivity index (χ2v) is 4.36. The molecule has 0 spiro atoms. The molecule has 0 saturated heterocycles. The molecule has 0 unspecified atom stereocenters. The molecule has 2 aromatic rings. The van der Waals surface area contributed by atoms with Crippen molar-refractivity contribution in [3.05, 3.63) is 47.5 Å². The molecule has 18 heavy (non-hydrogen) atoms. The minimum absolute atomic E-state index is 0.177. The lowest BCUT2D eigenvalue weighted by molar-refractivity contribution is 0.462. The van der Waals surface area contributed by atoms with Gasteiger partial charge in [-0.15, -0.1) is 0 Å². The molecule has 0 aliphatic heterocycles. The van der Waals surface area contributed by atoms with Crippen LogP contribution in [-0.2, 0) is 12.8 Å². The van der Waals surface area contributed by atoms with Gasteiger partial charge in [0.05, 0.1) is 0 Å². The molecule has 2 rings (SSSR count). The van der Waals surface area contributed by atoms with E-state index in [4.69, 9.17) is 0 Å². The molecule has 0 atom stereocenters. The summed E-state index contributed by atoms with van der Waals surface area (Å²) in [6.45, 7) is 4.19. The van der Waals surface area contributed by atoms with E-state index < -0.39 is 0 Å². The van der Waals surface area contributed by atoms with Crippen molar-refractivity contribution in [1.29, 1.82) is 0 Å². The molecule has 0 aliphatic carbocycles. The molecule has 0 aromatic heterocycles. The Balaban J connectivity index is 2.72. The first-order valence-corrected chi connectivity index (χ1v) is 6.30. The monoisotopic (exact) mass is 242 g/mol. The summed E-state index contributed by atoms with van der Waals surface area (Å²) in [5.74, 6) is 0.388. The van der Waals surface area contributed by atoms with Gasteiger partial charge in [-0.25, -0.2) is 0 Å². The molecule has 2 N–H and O–H groups in total. The van der Waals surface area contributed by atoms with Crippen molar-refractivity contribution in [3.63, 3.8) is 0 Å². The highest BCUT2D eigenvalue weighted by atomic mass is 16.3. The average Bonchev–Trinajstić information content (AvgIpc) is 2.40. The van der Waals surface area contributed by atoms with Crippen molar-refractivity contribution in [2.45, 2.75) is 26.7 Å². The summed E-state index contributed by atoms with van der Waals surface area (Å²) in [6.07, 6.45) is 1.80. The highest BCUT2D eigenvalue weighted by Gasteiger charge is 2.13. The van der Waals surface area contributed by atoms with Crippen LogP contribution in [0.4, 0.5) is 0 Å². The highest BCUT2D eigenvalue weighted by molar-refractivity contribution is 5.77. The van der Waals surface area contributed by atoms with Crippen LogP contribution in [0.5, 0.6) is 11.5 Å². The van der Waals surface area contributed by atoms with Crippen LogP contribution in [-0.4, -0.2) is 10.2 Å². The van der Waals surface area contributed by atoms with E-state index >= 15 is 0 Å². The Hall–Kier alpha value is -1.96. The second kappa shape index (κ2) is 5.13. The lowest BCUT2D eigenvalue weighted by Crippen LogP contribution is -1.94. The first-order valence-electron chi connectivity index (χ1n) is 6.30. The maximum absolute atomic E-state index is 10.0. The zero-order valence-corrected chi connectivity index (χ0v) is 10.8. The van der Waals surface area contributed by atoms with Crippen LogP contribution >= 0.6 is 0 Å². The number of aromatic hydroxyl groups is 2. The van der Waals surface area contributed by atoms with E-state index in [0.29, 0.717) is 5.56 Å². The topological polar surface area (TPSA) is 40.5 Å². The first-order chi connectivity index (χ1) is 8.67. The Labute approximate surface area is 108 Å². The zero-order chi connectivity index (χ0) is 13.1. The van der Waals surface area contributed by atoms with Crippen LogP contribution < -0.4 is 0 Å². The smallest absolute Gasteiger partial charge is 0.123 e. The van der Waals surface area contributed by atoms with Crippen LogP contribution in [0.1, 0.15) is 25.0 Å². The van der Waals surface area contributed by atoms with Crippen molar-refractivity contribution in [2.75, 3.05) is 0 Å². The normalized spacial score (nSPS) is 10.6. The lowest BCUT2D eigenvalue weighted by atomic mass is 9.91. The van der Waals surface area contributed by atoms with Gasteiger partial charge in [-0.2, -0.15) is 0 Å². The van der Waals surface area contributed by atoms with Crippen molar-refractivity contribution in [3.8, 4) is 22.6 Å². The molecule has 0 radical (unpaired) electrons. The number of hydrogen-bond acceptors (Lipinski definition) is 2. The van der Waals surface area contributed by atoms with E-state index in [-0.39, 0.29) is 11.5 Å². The van der Waals surface area contributed by atoms with E-state index in [9.17, 15) is 10.2 Å². The second-order valence-electron chi connectivity index (χ2n) is 4.36. The van der Waals surface area contributed by atoms with Gasteiger partial charge in [-0.3, -0.25) is 0 Å². The van der Waals surface area contributed by atoms with Crippen molar-refractivity contribution < 1.29 is 10.2 Å². The van der Waals surface area contributed by atoms with Crippen molar-refractivity contribution in [2.24, 2.45) is 0 Å². The predicted molar refractivity (Wildman–Crippen MR) is 74.0 cm³/mol. The summed E-state index contributed by atoms with van der Waals surface area (Å²) in [4.78, 5) is 0. The SMILES string of the molecule is CCc1cccc(CC)c1-c1cc(O)ccc1O. The van der Waals surface area contributed by atoms with Gasteiger partial charge in [0.25, 0.3) is 0 Å². The molecule has 2 nitrogen and oxygen atoms in total. The molecule has 2 aromatic carbocycles. The Morgan fingerprint density at radius 1 is 0.889 bits per heavy atom. The van der Waals surface area contributed by atoms with Crippen LogP contribution in [0.25, 0.3) is 11.1 Å². The summed E-state index contributed by atoms with van der Waals surface area (Å²) in [7, 11) is 0. The van der Waals surface area contributed by atoms with Gasteiger partial charge in [-0.1, -0.05) is 32.0 Å². The third-order valence-corrected chi connectivity index (χ3v) is 3.25. The third-order valence-electron chi connectivity index (χ3n) is 3.25. The fraction of sp³-hybridized carbons (Fsp3) is 0.250. The summed E-state index contributed by atoms with van der Waals surface area (Å²) >= 11 is 0. The maximum atomic E-state index is 10.0. The molecule has 0 amide bonds. The van der Waals surface area contributed by atoms with E-state index in [1.54, 1.807) is 6.07 Å². The Kier molecular flexibility index (Phi) is 3.56. The van der Waals surface area contributed by atoms with Crippen LogP contribution in [0.3, 0.4) is 0 Å². The van der Waals surface area contributed by atoms with Crippen LogP contribution in [0, 0.1) is 0 Å². The van der Waals surface area contributed by atoms with E-state index in [0.717, 1.165) is 18.4 Å². The molecule has 94 valence electrons. The van der Waals surface area contributed by atoms with E-state index in [1.807, 2.05) is 6.07 Å². The fourth-order valence-electron chi connectivity index (χ4n) is 2.31. The van der Waals surface area contributed by atoms with E-state index in [2.05, 4.69) is 26.0 Å². The van der Waals surface area contributed by atoms with Gasteiger partial charge in [0, 0.05) is 5.56 Å². The summed E-state index contributed by atoms with van der Waals surface area (Å²) in [5.41, 5.74) is 4.14. The van der Waals surface area contributed by atoms with Gasteiger partial charge >= 0.3 is 0 Å². The summed E-state index contributed by atoms with van der Waals surface area (Å²) < 4.78 is 0. The Morgan fingerprint density at radius 2 is 1.50 bits per heavy atom. The molecular weight excluding hydrogens is 224 g/mol. The Bertz CT molecular complexity index is 537. The molecule has 0 aliphatic rings. The van der Waals surface area contributed by atoms with Gasteiger partial charge in [0.15, 0.2) is 0 Å². The molecule has 2 heteroatoms. The van der Waals surface area contributed by atoms with Crippen LogP contribution in [0.15, 0.2) is 36.4 Å². The minimum atomic E-state index is 0.177. The number of hydrogen-bond donors (Lipinski definition) is 2. The lowest BCUT2D eigenvalue weighted by Gasteiger charge is -2.14. The number of phenolic OH excluding ortho intramolecular Hbond substituents is 2. The predicted octanol–water partition coefficient (Wildman–Crippen LogP) is 3.89. The Morgan fingerprint density at radius 3 is 2.06 bits per heavy atom. The number of rotatable bonds is 3. The highest BCUT2D eigenvalue weighted by Crippen LogP contribution is 2.37. The maximum Gasteiger partial charge on any atom is 0.123 e. The quantitative estimate of drug-likeness (QED) is 0.802. The summed E-state index contributed by atoms with van der Waals surface area (Å²) in [6, 6.07) is 10.8. The van der Waals surface area contributed by atoms with Crippen molar-refractivity contribution >= 4 is 0 Å². The van der Waals surface area contributed by atoms with Gasteiger partial charge in [0.2, 0.25) is 0 Å². The molecular formula is C16H18O2. The van der Waals surface area contributed by atoms with Gasteiger partial charge in [-0.05, 0) is 47.7 Å². The van der Waals surface area contributed by atoms with E-state index in [1.165, 1.54) is 23.3 Å². The molecule has 0 saturated carbocycles. The first kappa shape index (κ1) is 12.5. The van der Waals surface area contributed by atoms with Crippen molar-refractivity contribution in [1.82, 2.24) is 0 Å². The molecule has 0 bridgehead atoms.